The summed E-state index contributed by atoms with van der Waals surface area (Å²) in [6, 6.07) is 37.2. The molecule has 0 N–H and O–H groups in total. The van der Waals surface area contributed by atoms with Gasteiger partial charge in [0.1, 0.15) is 0 Å². The zero-order valence-electron chi connectivity index (χ0n) is 16.4. The molecular formula is C28H20N2. The van der Waals surface area contributed by atoms with Crippen molar-refractivity contribution in [3.8, 4) is 0 Å². The van der Waals surface area contributed by atoms with Crippen molar-refractivity contribution >= 4 is 45.3 Å². The van der Waals surface area contributed by atoms with Gasteiger partial charge in [0.2, 0.25) is 0 Å². The quantitative estimate of drug-likeness (QED) is 0.287. The van der Waals surface area contributed by atoms with E-state index in [0.717, 1.165) is 33.3 Å². The topological polar surface area (TPSA) is 24.7 Å². The fourth-order valence-corrected chi connectivity index (χ4v) is 3.67. The van der Waals surface area contributed by atoms with E-state index in [2.05, 4.69) is 60.7 Å². The second-order valence-electron chi connectivity index (χ2n) is 7.14. The molecule has 0 heterocycles. The lowest BCUT2D eigenvalue weighted by Crippen LogP contribution is -1.91. The minimum atomic E-state index is 0.967. The summed E-state index contributed by atoms with van der Waals surface area (Å²) in [6.45, 7) is 0. The van der Waals surface area contributed by atoms with Crippen molar-refractivity contribution in [2.45, 2.75) is 0 Å². The van der Waals surface area contributed by atoms with Crippen LogP contribution >= 0.6 is 0 Å². The molecule has 0 unspecified atom stereocenters. The summed E-state index contributed by atoms with van der Waals surface area (Å²) in [6.07, 6.45) is 3.85. The Kier molecular flexibility index (Phi) is 4.89. The van der Waals surface area contributed by atoms with Gasteiger partial charge in [-0.25, -0.2) is 0 Å². The molecule has 0 aliphatic carbocycles. The van der Waals surface area contributed by atoms with Crippen LogP contribution in [-0.4, -0.2) is 12.4 Å². The van der Waals surface area contributed by atoms with Crippen molar-refractivity contribution < 1.29 is 0 Å². The van der Waals surface area contributed by atoms with Crippen molar-refractivity contribution in [3.05, 3.63) is 120 Å². The van der Waals surface area contributed by atoms with E-state index in [4.69, 9.17) is 9.98 Å². The van der Waals surface area contributed by atoms with Gasteiger partial charge in [0.25, 0.3) is 0 Å². The Balaban J connectivity index is 1.50. The number of fused-ring (bicyclic) bond motifs is 2. The first kappa shape index (κ1) is 18.0. The third kappa shape index (κ3) is 3.63. The summed E-state index contributed by atoms with van der Waals surface area (Å²) < 4.78 is 0. The molecule has 5 aromatic carbocycles. The molecule has 0 bridgehead atoms. The summed E-state index contributed by atoms with van der Waals surface area (Å²) in [5.41, 5.74) is 4.01. The molecular weight excluding hydrogens is 364 g/mol. The van der Waals surface area contributed by atoms with Gasteiger partial charge < -0.3 is 0 Å². The second kappa shape index (κ2) is 8.14. The highest BCUT2D eigenvalue weighted by molar-refractivity contribution is 6.00. The molecule has 5 rings (SSSR count). The maximum Gasteiger partial charge on any atom is 0.0708 e. The Morgan fingerprint density at radius 2 is 0.800 bits per heavy atom. The number of nitrogens with zero attached hydrogens (tertiary/aromatic N) is 2. The average molecular weight is 384 g/mol. The summed E-state index contributed by atoms with van der Waals surface area (Å²) in [5, 5.41) is 4.69. The van der Waals surface area contributed by atoms with Crippen molar-refractivity contribution in [2.75, 3.05) is 0 Å². The van der Waals surface area contributed by atoms with E-state index >= 15 is 0 Å². The molecule has 142 valence electrons. The molecule has 0 radical (unpaired) electrons. The predicted molar refractivity (Wildman–Crippen MR) is 129 cm³/mol. The van der Waals surface area contributed by atoms with E-state index in [9.17, 15) is 0 Å². The Labute approximate surface area is 175 Å². The van der Waals surface area contributed by atoms with Crippen LogP contribution in [0.5, 0.6) is 0 Å². The lowest BCUT2D eigenvalue weighted by Gasteiger charge is -2.04. The van der Waals surface area contributed by atoms with Crippen molar-refractivity contribution in [1.82, 2.24) is 0 Å². The molecule has 0 spiro atoms. The highest BCUT2D eigenvalue weighted by Gasteiger charge is 2.01. The number of hydrogen-bond acceptors (Lipinski definition) is 2. The first-order chi connectivity index (χ1) is 14.9. The monoisotopic (exact) mass is 384 g/mol. The Bertz CT molecular complexity index is 1280. The van der Waals surface area contributed by atoms with Crippen LogP contribution in [0.15, 0.2) is 119 Å². The van der Waals surface area contributed by atoms with Gasteiger partial charge in [-0.05, 0) is 22.9 Å². The predicted octanol–water partition coefficient (Wildman–Crippen LogP) is 7.49. The van der Waals surface area contributed by atoms with Crippen LogP contribution in [0.1, 0.15) is 11.1 Å². The average Bonchev–Trinajstić information content (AvgIpc) is 2.82. The fraction of sp³-hybridized carbons (Fsp3) is 0. The molecule has 30 heavy (non-hydrogen) atoms. The normalized spacial score (nSPS) is 11.7. The largest absolute Gasteiger partial charge is 0.256 e. The van der Waals surface area contributed by atoms with Gasteiger partial charge in [0, 0.05) is 34.3 Å². The van der Waals surface area contributed by atoms with Gasteiger partial charge >= 0.3 is 0 Å². The zero-order chi connectivity index (χ0) is 20.2. The van der Waals surface area contributed by atoms with Crippen LogP contribution in [-0.2, 0) is 0 Å². The van der Waals surface area contributed by atoms with Crippen LogP contribution in [0.25, 0.3) is 21.5 Å². The number of rotatable bonds is 4. The molecule has 0 fully saturated rings. The lowest BCUT2D eigenvalue weighted by atomic mass is 10.1. The highest BCUT2D eigenvalue weighted by Crippen LogP contribution is 2.27. The van der Waals surface area contributed by atoms with Gasteiger partial charge in [-0.15, -0.1) is 0 Å². The van der Waals surface area contributed by atoms with Crippen molar-refractivity contribution in [3.63, 3.8) is 0 Å². The molecule has 0 atom stereocenters. The van der Waals surface area contributed by atoms with Crippen LogP contribution in [0.2, 0.25) is 0 Å². The Morgan fingerprint density at radius 1 is 0.400 bits per heavy atom. The molecule has 0 amide bonds. The molecule has 2 heteroatoms. The zero-order valence-corrected chi connectivity index (χ0v) is 16.4. The van der Waals surface area contributed by atoms with Crippen LogP contribution in [0.3, 0.4) is 0 Å². The first-order valence-electron chi connectivity index (χ1n) is 10.0. The molecule has 0 saturated heterocycles. The molecule has 5 aromatic rings. The summed E-state index contributed by atoms with van der Waals surface area (Å²) in [4.78, 5) is 9.57. The summed E-state index contributed by atoms with van der Waals surface area (Å²) >= 11 is 0. The van der Waals surface area contributed by atoms with Crippen molar-refractivity contribution in [2.24, 2.45) is 9.98 Å². The maximum atomic E-state index is 4.78. The van der Waals surface area contributed by atoms with Gasteiger partial charge in [-0.1, -0.05) is 97.1 Å². The van der Waals surface area contributed by atoms with Gasteiger partial charge in [0.05, 0.1) is 11.4 Å². The third-order valence-electron chi connectivity index (χ3n) is 5.21. The molecule has 2 nitrogen and oxygen atoms in total. The SMILES string of the molecule is C(=Nc1cccc2ccccc12)c1ccccc1C=Nc1cccc2ccccc12. The van der Waals surface area contributed by atoms with Gasteiger partial charge in [-0.2, -0.15) is 0 Å². The van der Waals surface area contributed by atoms with Crippen molar-refractivity contribution in [1.29, 1.82) is 0 Å². The molecule has 0 aliphatic rings. The number of aliphatic imine (C=N–C) groups is 2. The van der Waals surface area contributed by atoms with Gasteiger partial charge in [-0.3, -0.25) is 9.98 Å². The highest BCUT2D eigenvalue weighted by atomic mass is 14.7. The van der Waals surface area contributed by atoms with E-state index in [1.54, 1.807) is 0 Å². The first-order valence-corrected chi connectivity index (χ1v) is 10.0. The standard InChI is InChI=1S/C28H20N2/c1-2-12-24(20-30-28-18-8-14-22-10-4-6-16-26(22)28)23(11-1)19-29-27-17-7-13-21-9-3-5-15-25(21)27/h1-20H. The minimum Gasteiger partial charge on any atom is -0.256 e. The third-order valence-corrected chi connectivity index (χ3v) is 5.21. The molecule has 0 aromatic heterocycles. The van der Waals surface area contributed by atoms with E-state index in [0.29, 0.717) is 0 Å². The minimum absolute atomic E-state index is 0.967. The van der Waals surface area contributed by atoms with E-state index in [1.807, 2.05) is 61.0 Å². The second-order valence-corrected chi connectivity index (χ2v) is 7.14. The van der Waals surface area contributed by atoms with E-state index < -0.39 is 0 Å². The number of benzene rings is 5. The summed E-state index contributed by atoms with van der Waals surface area (Å²) in [5.74, 6) is 0. The van der Waals surface area contributed by atoms with Crippen LogP contribution < -0.4 is 0 Å². The van der Waals surface area contributed by atoms with E-state index in [1.165, 1.54) is 10.8 Å². The lowest BCUT2D eigenvalue weighted by molar-refractivity contribution is 1.53. The number of hydrogen-bond donors (Lipinski definition) is 0. The van der Waals surface area contributed by atoms with Crippen LogP contribution in [0.4, 0.5) is 11.4 Å². The molecule has 0 aliphatic heterocycles. The smallest absolute Gasteiger partial charge is 0.0708 e. The molecule has 0 saturated carbocycles. The summed E-state index contributed by atoms with van der Waals surface area (Å²) in [7, 11) is 0. The van der Waals surface area contributed by atoms with E-state index in [-0.39, 0.29) is 0 Å². The van der Waals surface area contributed by atoms with Crippen LogP contribution in [0, 0.1) is 0 Å². The Morgan fingerprint density at radius 3 is 1.30 bits per heavy atom. The fourth-order valence-electron chi connectivity index (χ4n) is 3.67. The van der Waals surface area contributed by atoms with Gasteiger partial charge in [0.15, 0.2) is 0 Å². The Hall–Kier alpha value is -4.04. The maximum absolute atomic E-state index is 4.78.